The molecular formula is C13H11BrFN3O2. The minimum absolute atomic E-state index is 0.0762. The highest BCUT2D eigenvalue weighted by Crippen LogP contribution is 2.27. The van der Waals surface area contributed by atoms with Crippen LogP contribution in [-0.4, -0.2) is 16.1 Å². The molecule has 0 radical (unpaired) electrons. The van der Waals surface area contributed by atoms with Crippen LogP contribution >= 0.6 is 15.9 Å². The smallest absolute Gasteiger partial charge is 0.339 e. The van der Waals surface area contributed by atoms with Gasteiger partial charge in [-0.15, -0.1) is 0 Å². The Morgan fingerprint density at radius 2 is 2.15 bits per heavy atom. The van der Waals surface area contributed by atoms with Gasteiger partial charge in [0, 0.05) is 5.69 Å². The molecule has 1 heterocycles. The highest BCUT2D eigenvalue weighted by molar-refractivity contribution is 9.10. The minimum Gasteiger partial charge on any atom is -0.478 e. The van der Waals surface area contributed by atoms with Gasteiger partial charge in [0.1, 0.15) is 17.2 Å². The number of nitrogen functional groups attached to an aromatic ring is 1. The van der Waals surface area contributed by atoms with E-state index >= 15 is 0 Å². The van der Waals surface area contributed by atoms with Crippen LogP contribution in [0.3, 0.4) is 0 Å². The predicted molar refractivity (Wildman–Crippen MR) is 77.7 cm³/mol. The Kier molecular flexibility index (Phi) is 3.89. The van der Waals surface area contributed by atoms with Crippen LogP contribution in [0.15, 0.2) is 28.9 Å². The van der Waals surface area contributed by atoms with Crippen LogP contribution in [0, 0.1) is 12.7 Å². The fourth-order valence-corrected chi connectivity index (χ4v) is 2.11. The van der Waals surface area contributed by atoms with Crippen LogP contribution in [0.2, 0.25) is 0 Å². The summed E-state index contributed by atoms with van der Waals surface area (Å²) in [5, 5.41) is 11.9. The second kappa shape index (κ2) is 5.46. The zero-order valence-corrected chi connectivity index (χ0v) is 12.0. The van der Waals surface area contributed by atoms with E-state index in [2.05, 4.69) is 26.2 Å². The van der Waals surface area contributed by atoms with Crippen molar-refractivity contribution in [1.82, 2.24) is 4.98 Å². The third-order valence-electron chi connectivity index (χ3n) is 2.66. The van der Waals surface area contributed by atoms with Crippen molar-refractivity contribution in [2.75, 3.05) is 11.1 Å². The quantitative estimate of drug-likeness (QED) is 0.798. The number of aromatic carboxylic acids is 1. The molecule has 0 atom stereocenters. The van der Waals surface area contributed by atoms with Gasteiger partial charge in [-0.05, 0) is 46.6 Å². The maximum absolute atomic E-state index is 13.5. The molecule has 0 bridgehead atoms. The van der Waals surface area contributed by atoms with Gasteiger partial charge in [-0.1, -0.05) is 0 Å². The van der Waals surface area contributed by atoms with Crippen LogP contribution in [0.5, 0.6) is 0 Å². The van der Waals surface area contributed by atoms with E-state index in [4.69, 9.17) is 10.8 Å². The van der Waals surface area contributed by atoms with Crippen LogP contribution < -0.4 is 11.1 Å². The number of carboxylic acids is 1. The van der Waals surface area contributed by atoms with Gasteiger partial charge in [-0.3, -0.25) is 0 Å². The summed E-state index contributed by atoms with van der Waals surface area (Å²) in [5.74, 6) is -1.51. The molecule has 0 spiro atoms. The number of nitrogens with zero attached hydrogens (tertiary/aromatic N) is 1. The SMILES string of the molecule is Cc1cc(Br)c(F)cc1Nc1ncc(N)cc1C(=O)O. The van der Waals surface area contributed by atoms with Crippen molar-refractivity contribution in [3.05, 3.63) is 45.8 Å². The lowest BCUT2D eigenvalue weighted by atomic mass is 10.2. The zero-order valence-electron chi connectivity index (χ0n) is 10.4. The molecule has 0 aliphatic heterocycles. The standard InChI is InChI=1S/C13H11BrFN3O2/c1-6-2-9(14)10(15)4-11(6)18-12-8(13(19)20)3-7(16)5-17-12/h2-5H,16H2,1H3,(H,17,18)(H,19,20). The Labute approximate surface area is 122 Å². The average molecular weight is 340 g/mol. The summed E-state index contributed by atoms with van der Waals surface area (Å²) in [6.45, 7) is 1.77. The monoisotopic (exact) mass is 339 g/mol. The normalized spacial score (nSPS) is 10.3. The predicted octanol–water partition coefficient (Wildman–Crippen LogP) is 3.32. The largest absolute Gasteiger partial charge is 0.478 e. The number of halogens is 2. The third kappa shape index (κ3) is 2.88. The van der Waals surface area contributed by atoms with Gasteiger partial charge >= 0.3 is 5.97 Å². The summed E-state index contributed by atoms with van der Waals surface area (Å²) in [6, 6.07) is 4.15. The molecule has 0 amide bonds. The Morgan fingerprint density at radius 3 is 2.80 bits per heavy atom. The number of aryl methyl sites for hydroxylation is 1. The van der Waals surface area contributed by atoms with Gasteiger partial charge in [0.25, 0.3) is 0 Å². The molecule has 0 fully saturated rings. The summed E-state index contributed by atoms with van der Waals surface area (Å²) in [7, 11) is 0. The average Bonchev–Trinajstić information content (AvgIpc) is 2.37. The van der Waals surface area contributed by atoms with Gasteiger partial charge in [-0.25, -0.2) is 14.2 Å². The lowest BCUT2D eigenvalue weighted by Gasteiger charge is -2.12. The highest BCUT2D eigenvalue weighted by Gasteiger charge is 2.14. The van der Waals surface area contributed by atoms with E-state index in [0.29, 0.717) is 10.2 Å². The maximum Gasteiger partial charge on any atom is 0.339 e. The Balaban J connectivity index is 2.45. The number of benzene rings is 1. The molecule has 104 valence electrons. The summed E-state index contributed by atoms with van der Waals surface area (Å²) < 4.78 is 13.9. The molecule has 1 aromatic carbocycles. The molecule has 0 aliphatic carbocycles. The first-order valence-electron chi connectivity index (χ1n) is 5.60. The van der Waals surface area contributed by atoms with E-state index < -0.39 is 11.8 Å². The summed E-state index contributed by atoms with van der Waals surface area (Å²) >= 11 is 3.08. The third-order valence-corrected chi connectivity index (χ3v) is 3.27. The summed E-state index contributed by atoms with van der Waals surface area (Å²) in [5.41, 5.74) is 6.86. The molecule has 0 aliphatic rings. The molecule has 0 saturated heterocycles. The number of nitrogens with two attached hydrogens (primary N) is 1. The number of rotatable bonds is 3. The molecule has 7 heteroatoms. The lowest BCUT2D eigenvalue weighted by Crippen LogP contribution is -2.07. The van der Waals surface area contributed by atoms with E-state index in [-0.39, 0.29) is 17.1 Å². The van der Waals surface area contributed by atoms with E-state index in [1.165, 1.54) is 18.3 Å². The van der Waals surface area contributed by atoms with Crippen molar-refractivity contribution in [3.8, 4) is 0 Å². The Hall–Kier alpha value is -2.15. The Morgan fingerprint density at radius 1 is 1.45 bits per heavy atom. The topological polar surface area (TPSA) is 88.2 Å². The number of aromatic nitrogens is 1. The molecule has 1 aromatic heterocycles. The maximum atomic E-state index is 13.5. The fraction of sp³-hybridized carbons (Fsp3) is 0.0769. The Bertz CT molecular complexity index is 692. The van der Waals surface area contributed by atoms with Crippen LogP contribution in [-0.2, 0) is 0 Å². The van der Waals surface area contributed by atoms with Crippen LogP contribution in [0.4, 0.5) is 21.6 Å². The van der Waals surface area contributed by atoms with Crippen molar-refractivity contribution in [2.45, 2.75) is 6.92 Å². The van der Waals surface area contributed by atoms with Gasteiger partial charge in [0.05, 0.1) is 16.4 Å². The second-order valence-electron chi connectivity index (χ2n) is 4.18. The van der Waals surface area contributed by atoms with Gasteiger partial charge in [0.2, 0.25) is 0 Å². The van der Waals surface area contributed by atoms with E-state index in [1.807, 2.05) is 0 Å². The minimum atomic E-state index is -1.16. The van der Waals surface area contributed by atoms with Crippen LogP contribution in [0.1, 0.15) is 15.9 Å². The first-order chi connectivity index (χ1) is 9.38. The molecule has 0 unspecified atom stereocenters. The number of pyridine rings is 1. The number of hydrogen-bond donors (Lipinski definition) is 3. The van der Waals surface area contributed by atoms with Gasteiger partial charge in [-0.2, -0.15) is 0 Å². The molecule has 4 N–H and O–H groups in total. The zero-order chi connectivity index (χ0) is 14.9. The molecule has 2 aromatic rings. The first kappa shape index (κ1) is 14.3. The second-order valence-corrected chi connectivity index (χ2v) is 5.03. The summed E-state index contributed by atoms with van der Waals surface area (Å²) in [4.78, 5) is 15.1. The van der Waals surface area contributed by atoms with Crippen molar-refractivity contribution in [1.29, 1.82) is 0 Å². The number of nitrogens with one attached hydrogen (secondary N) is 1. The van der Waals surface area contributed by atoms with Gasteiger partial charge in [0.15, 0.2) is 0 Å². The number of hydrogen-bond acceptors (Lipinski definition) is 4. The molecule has 0 saturated carbocycles. The molecule has 2 rings (SSSR count). The van der Waals surface area contributed by atoms with Crippen molar-refractivity contribution < 1.29 is 14.3 Å². The van der Waals surface area contributed by atoms with Crippen LogP contribution in [0.25, 0.3) is 0 Å². The van der Waals surface area contributed by atoms with Gasteiger partial charge < -0.3 is 16.2 Å². The van der Waals surface area contributed by atoms with E-state index in [0.717, 1.165) is 5.56 Å². The molecule has 20 heavy (non-hydrogen) atoms. The number of anilines is 3. The van der Waals surface area contributed by atoms with Crippen molar-refractivity contribution >= 4 is 39.1 Å². The molecular weight excluding hydrogens is 329 g/mol. The number of carbonyl (C=O) groups is 1. The highest BCUT2D eigenvalue weighted by atomic mass is 79.9. The summed E-state index contributed by atoms with van der Waals surface area (Å²) in [6.07, 6.45) is 1.33. The lowest BCUT2D eigenvalue weighted by molar-refractivity contribution is 0.0697. The van der Waals surface area contributed by atoms with E-state index in [1.54, 1.807) is 13.0 Å². The van der Waals surface area contributed by atoms with E-state index in [9.17, 15) is 9.18 Å². The fourth-order valence-electron chi connectivity index (χ4n) is 1.65. The number of carboxylic acid groups (broad SMARTS) is 1. The van der Waals surface area contributed by atoms with Crippen molar-refractivity contribution in [3.63, 3.8) is 0 Å². The molecule has 5 nitrogen and oxygen atoms in total. The first-order valence-corrected chi connectivity index (χ1v) is 6.39. The van der Waals surface area contributed by atoms with Crippen molar-refractivity contribution in [2.24, 2.45) is 0 Å².